The molecule has 0 bridgehead atoms. The lowest BCUT2D eigenvalue weighted by Crippen LogP contribution is -2.28. The maximum absolute atomic E-state index is 2.37. The highest BCUT2D eigenvalue weighted by Crippen LogP contribution is 2.07. The van der Waals surface area contributed by atoms with Crippen LogP contribution in [0.3, 0.4) is 0 Å². The minimum Gasteiger partial charge on any atom is -0.341 e. The third-order valence-corrected chi connectivity index (χ3v) is 2.93. The molecule has 78 valence electrons. The first-order chi connectivity index (χ1) is 7.33. The van der Waals surface area contributed by atoms with Crippen molar-refractivity contribution in [2.24, 2.45) is 0 Å². The van der Waals surface area contributed by atoms with Gasteiger partial charge in [0, 0.05) is 28.0 Å². The molecule has 15 heavy (non-hydrogen) atoms. The van der Waals surface area contributed by atoms with Crippen molar-refractivity contribution in [1.29, 1.82) is 0 Å². The molecule has 0 saturated heterocycles. The van der Waals surface area contributed by atoms with E-state index in [1.54, 1.807) is 0 Å². The fraction of sp³-hybridized carbons (Fsp3) is 0.286. The Morgan fingerprint density at radius 3 is 2.47 bits per heavy atom. The predicted octanol–water partition coefficient (Wildman–Crippen LogP) is 2.26. The van der Waals surface area contributed by atoms with E-state index in [-0.39, 0.29) is 0 Å². The summed E-state index contributed by atoms with van der Waals surface area (Å²) in [6.45, 7) is 7.43. The van der Waals surface area contributed by atoms with Gasteiger partial charge in [0.25, 0.3) is 0 Å². The normalized spacial score (nSPS) is 14.1. The van der Waals surface area contributed by atoms with Gasteiger partial charge in [-0.2, -0.15) is 0 Å². The van der Waals surface area contributed by atoms with Gasteiger partial charge in [-0.3, -0.25) is 0 Å². The Kier molecular flexibility index (Phi) is 2.63. The summed E-state index contributed by atoms with van der Waals surface area (Å²) < 4.78 is 2.37. The summed E-state index contributed by atoms with van der Waals surface area (Å²) in [5, 5.41) is 4.05. The first-order valence-electron chi connectivity index (χ1n) is 5.53. The summed E-state index contributed by atoms with van der Waals surface area (Å²) in [5.74, 6) is 0. The van der Waals surface area contributed by atoms with Gasteiger partial charge in [0.1, 0.15) is 0 Å². The van der Waals surface area contributed by atoms with E-state index in [1.165, 1.54) is 21.5 Å². The molecule has 1 heterocycles. The molecule has 0 saturated carbocycles. The minimum absolute atomic E-state index is 1.02. The molecule has 0 spiro atoms. The van der Waals surface area contributed by atoms with E-state index in [4.69, 9.17) is 0 Å². The second kappa shape index (κ2) is 3.93. The van der Waals surface area contributed by atoms with Crippen molar-refractivity contribution >= 4 is 23.1 Å². The van der Waals surface area contributed by atoms with Crippen molar-refractivity contribution < 1.29 is 0 Å². The van der Waals surface area contributed by atoms with Crippen molar-refractivity contribution in [3.63, 3.8) is 0 Å². The van der Waals surface area contributed by atoms with Gasteiger partial charge in [0.05, 0.1) is 0 Å². The Hall–Kier alpha value is -1.50. The molecule has 0 aliphatic rings. The monoisotopic (exact) mass is 199 g/mol. The fourth-order valence-corrected chi connectivity index (χ4v) is 2.31. The lowest BCUT2D eigenvalue weighted by Gasteiger charge is -2.00. The van der Waals surface area contributed by atoms with Gasteiger partial charge in [0.2, 0.25) is 0 Å². The predicted molar refractivity (Wildman–Crippen MR) is 67.1 cm³/mol. The molecule has 0 fully saturated rings. The van der Waals surface area contributed by atoms with Crippen LogP contribution in [0.1, 0.15) is 20.8 Å². The molecule has 2 aromatic rings. The molecular formula is C14H17N. The molecule has 0 aliphatic heterocycles. The highest BCUT2D eigenvalue weighted by molar-refractivity contribution is 5.81. The number of aromatic nitrogens is 1. The van der Waals surface area contributed by atoms with E-state index in [2.05, 4.69) is 61.8 Å². The van der Waals surface area contributed by atoms with E-state index in [9.17, 15) is 0 Å². The number of benzene rings is 1. The lowest BCUT2D eigenvalue weighted by molar-refractivity contribution is 0.770. The fourth-order valence-electron chi connectivity index (χ4n) is 2.31. The Bertz CT molecular complexity index is 588. The highest BCUT2D eigenvalue weighted by Gasteiger charge is 2.03. The molecule has 1 nitrogen and oxygen atoms in total. The van der Waals surface area contributed by atoms with Crippen molar-refractivity contribution in [3.05, 3.63) is 34.8 Å². The zero-order chi connectivity index (χ0) is 10.8. The van der Waals surface area contributed by atoms with Gasteiger partial charge in [-0.25, -0.2) is 0 Å². The van der Waals surface area contributed by atoms with E-state index in [0.717, 1.165) is 6.54 Å². The van der Waals surface area contributed by atoms with Gasteiger partial charge < -0.3 is 4.57 Å². The summed E-state index contributed by atoms with van der Waals surface area (Å²) in [6, 6.07) is 8.60. The van der Waals surface area contributed by atoms with Crippen LogP contribution in [0.15, 0.2) is 24.3 Å². The number of nitrogens with zero attached hydrogens (tertiary/aromatic N) is 1. The number of rotatable bonds is 1. The third-order valence-electron chi connectivity index (χ3n) is 2.93. The van der Waals surface area contributed by atoms with Gasteiger partial charge in [-0.05, 0) is 26.8 Å². The highest BCUT2D eigenvalue weighted by atomic mass is 15.0. The van der Waals surface area contributed by atoms with Crippen molar-refractivity contribution in [1.82, 2.24) is 4.57 Å². The number of hydrogen-bond acceptors (Lipinski definition) is 0. The van der Waals surface area contributed by atoms with Gasteiger partial charge in [0.15, 0.2) is 0 Å². The minimum atomic E-state index is 1.02. The molecule has 1 heteroatoms. The second-order valence-corrected chi connectivity index (χ2v) is 3.64. The summed E-state index contributed by atoms with van der Waals surface area (Å²) in [7, 11) is 0. The molecule has 1 aromatic carbocycles. The van der Waals surface area contributed by atoms with E-state index in [0.29, 0.717) is 0 Å². The Balaban J connectivity index is 3.11. The van der Waals surface area contributed by atoms with Crippen molar-refractivity contribution in [2.45, 2.75) is 27.3 Å². The van der Waals surface area contributed by atoms with Crippen LogP contribution in [0.2, 0.25) is 0 Å². The molecule has 0 amide bonds. The summed E-state index contributed by atoms with van der Waals surface area (Å²) in [4.78, 5) is 0. The molecule has 2 rings (SSSR count). The SMILES string of the molecule is C/C=c1\c(=C/C)n(CC)c2ccccc12. The van der Waals surface area contributed by atoms with E-state index in [1.807, 2.05) is 0 Å². The Morgan fingerprint density at radius 1 is 1.13 bits per heavy atom. The van der Waals surface area contributed by atoms with Crippen LogP contribution in [-0.4, -0.2) is 4.57 Å². The molecule has 0 unspecified atom stereocenters. The Labute approximate surface area is 90.3 Å². The average molecular weight is 199 g/mol. The summed E-state index contributed by atoms with van der Waals surface area (Å²) in [5.41, 5.74) is 1.33. The quantitative estimate of drug-likeness (QED) is 0.664. The largest absolute Gasteiger partial charge is 0.341 e. The Morgan fingerprint density at radius 2 is 1.87 bits per heavy atom. The van der Waals surface area contributed by atoms with Crippen molar-refractivity contribution in [3.8, 4) is 0 Å². The van der Waals surface area contributed by atoms with Crippen LogP contribution in [0.5, 0.6) is 0 Å². The smallest absolute Gasteiger partial charge is 0.0491 e. The van der Waals surface area contributed by atoms with Crippen molar-refractivity contribution in [2.75, 3.05) is 0 Å². The standard InChI is InChI=1S/C14H17N/c1-4-11-12-9-7-8-10-14(12)15(6-3)13(11)5-2/h4-5,7-10H,6H2,1-3H3/b11-4-,13-5+. The van der Waals surface area contributed by atoms with Gasteiger partial charge in [-0.15, -0.1) is 0 Å². The number of aryl methyl sites for hydroxylation is 1. The van der Waals surface area contributed by atoms with Gasteiger partial charge >= 0.3 is 0 Å². The topological polar surface area (TPSA) is 4.93 Å². The zero-order valence-corrected chi connectivity index (χ0v) is 9.62. The average Bonchev–Trinajstić information content (AvgIpc) is 2.61. The molecular weight excluding hydrogens is 182 g/mol. The second-order valence-electron chi connectivity index (χ2n) is 3.64. The first-order valence-corrected chi connectivity index (χ1v) is 5.53. The number of para-hydroxylation sites is 1. The van der Waals surface area contributed by atoms with Crippen LogP contribution in [0.25, 0.3) is 23.1 Å². The number of fused-ring (bicyclic) bond motifs is 1. The van der Waals surface area contributed by atoms with Crippen LogP contribution < -0.4 is 10.6 Å². The molecule has 0 N–H and O–H groups in total. The van der Waals surface area contributed by atoms with E-state index < -0.39 is 0 Å². The molecule has 1 aromatic heterocycles. The first kappa shape index (κ1) is 10.0. The third kappa shape index (κ3) is 1.39. The molecule has 0 radical (unpaired) electrons. The molecule has 0 aliphatic carbocycles. The maximum atomic E-state index is 2.37. The maximum Gasteiger partial charge on any atom is 0.0491 e. The zero-order valence-electron chi connectivity index (χ0n) is 9.62. The van der Waals surface area contributed by atoms with E-state index >= 15 is 0 Å². The summed E-state index contributed by atoms with van der Waals surface area (Å²) in [6.07, 6.45) is 4.39. The van der Waals surface area contributed by atoms with Crippen LogP contribution in [0.4, 0.5) is 0 Å². The van der Waals surface area contributed by atoms with Crippen LogP contribution >= 0.6 is 0 Å². The van der Waals surface area contributed by atoms with Gasteiger partial charge in [-0.1, -0.05) is 30.4 Å². The molecule has 0 atom stereocenters. The van der Waals surface area contributed by atoms with Crippen LogP contribution in [0, 0.1) is 0 Å². The van der Waals surface area contributed by atoms with Crippen LogP contribution in [-0.2, 0) is 6.54 Å². The number of hydrogen-bond donors (Lipinski definition) is 0. The summed E-state index contributed by atoms with van der Waals surface area (Å²) >= 11 is 0. The lowest BCUT2D eigenvalue weighted by atomic mass is 10.2.